The summed E-state index contributed by atoms with van der Waals surface area (Å²) in [7, 11) is 0. The Morgan fingerprint density at radius 2 is 2.00 bits per heavy atom. The summed E-state index contributed by atoms with van der Waals surface area (Å²) in [6.07, 6.45) is 8.20. The second-order valence-electron chi connectivity index (χ2n) is 4.90. The van der Waals surface area contributed by atoms with Crippen LogP contribution in [0.2, 0.25) is 0 Å². The zero-order chi connectivity index (χ0) is 14.2. The van der Waals surface area contributed by atoms with Gasteiger partial charge in [0.05, 0.1) is 5.69 Å². The molecule has 2 aromatic rings. The first-order valence-electron chi connectivity index (χ1n) is 7.14. The highest BCUT2D eigenvalue weighted by molar-refractivity contribution is 6.01. The van der Waals surface area contributed by atoms with Gasteiger partial charge in [-0.05, 0) is 36.9 Å². The maximum atomic E-state index is 11.9. The minimum absolute atomic E-state index is 0.0640. The van der Waals surface area contributed by atoms with Crippen LogP contribution in [0.15, 0.2) is 36.7 Å². The lowest BCUT2D eigenvalue weighted by atomic mass is 10.1. The van der Waals surface area contributed by atoms with Crippen molar-refractivity contribution in [3.05, 3.63) is 36.7 Å². The Bertz CT molecular complexity index is 563. The quantitative estimate of drug-likeness (QED) is 0.760. The Kier molecular flexibility index (Phi) is 5.50. The Morgan fingerprint density at radius 3 is 2.85 bits per heavy atom. The zero-order valence-corrected chi connectivity index (χ0v) is 11.6. The summed E-state index contributed by atoms with van der Waals surface area (Å²) in [5.74, 6) is 0.0640. The lowest BCUT2D eigenvalue weighted by Gasteiger charge is -2.08. The standard InChI is InChI=1S/C16H21N3O/c17-10-4-2-1-3-8-16(20)19-15-7-5-6-13-9-11-18-12-14(13)15/h5-7,9,11-12H,1-4,8,10,17H2,(H,19,20). The predicted octanol–water partition coefficient (Wildman–Crippen LogP) is 3.08. The molecule has 0 saturated carbocycles. The average Bonchev–Trinajstić information content (AvgIpc) is 2.47. The van der Waals surface area contributed by atoms with Crippen molar-refractivity contribution in [1.82, 2.24) is 4.98 Å². The normalized spacial score (nSPS) is 10.7. The molecule has 106 valence electrons. The fourth-order valence-corrected chi connectivity index (χ4v) is 2.22. The third-order valence-electron chi connectivity index (χ3n) is 3.32. The molecule has 3 N–H and O–H groups in total. The minimum atomic E-state index is 0.0640. The fourth-order valence-electron chi connectivity index (χ4n) is 2.22. The first-order chi connectivity index (χ1) is 9.81. The molecule has 0 aliphatic rings. The summed E-state index contributed by atoms with van der Waals surface area (Å²) < 4.78 is 0. The molecular weight excluding hydrogens is 250 g/mol. The molecule has 20 heavy (non-hydrogen) atoms. The van der Waals surface area contributed by atoms with E-state index in [1.54, 1.807) is 12.4 Å². The highest BCUT2D eigenvalue weighted by Gasteiger charge is 2.05. The predicted molar refractivity (Wildman–Crippen MR) is 82.5 cm³/mol. The lowest BCUT2D eigenvalue weighted by molar-refractivity contribution is -0.116. The first kappa shape index (κ1) is 14.5. The molecule has 0 atom stereocenters. The minimum Gasteiger partial charge on any atom is -0.330 e. The summed E-state index contributed by atoms with van der Waals surface area (Å²) in [4.78, 5) is 16.0. The molecule has 0 spiro atoms. The third kappa shape index (κ3) is 4.03. The molecule has 0 saturated heterocycles. The molecule has 4 heteroatoms. The van der Waals surface area contributed by atoms with Gasteiger partial charge < -0.3 is 11.1 Å². The van der Waals surface area contributed by atoms with Crippen molar-refractivity contribution in [2.24, 2.45) is 5.73 Å². The van der Waals surface area contributed by atoms with Gasteiger partial charge in [-0.1, -0.05) is 25.0 Å². The molecule has 0 aliphatic heterocycles. The number of hydrogen-bond acceptors (Lipinski definition) is 3. The Hall–Kier alpha value is -1.94. The van der Waals surface area contributed by atoms with Crippen LogP contribution in [0, 0.1) is 0 Å². The van der Waals surface area contributed by atoms with Gasteiger partial charge in [-0.2, -0.15) is 0 Å². The maximum absolute atomic E-state index is 11.9. The van der Waals surface area contributed by atoms with Crippen LogP contribution < -0.4 is 11.1 Å². The van der Waals surface area contributed by atoms with Crippen LogP contribution >= 0.6 is 0 Å². The lowest BCUT2D eigenvalue weighted by Crippen LogP contribution is -2.11. The Labute approximate surface area is 119 Å². The molecule has 0 aliphatic carbocycles. The van der Waals surface area contributed by atoms with E-state index in [1.165, 1.54) is 0 Å². The second-order valence-corrected chi connectivity index (χ2v) is 4.90. The van der Waals surface area contributed by atoms with Crippen LogP contribution in [0.1, 0.15) is 32.1 Å². The van der Waals surface area contributed by atoms with Crippen molar-refractivity contribution in [2.45, 2.75) is 32.1 Å². The number of fused-ring (bicyclic) bond motifs is 1. The SMILES string of the molecule is NCCCCCCC(=O)Nc1cccc2ccncc12. The van der Waals surface area contributed by atoms with Crippen LogP contribution in [0.4, 0.5) is 5.69 Å². The van der Waals surface area contributed by atoms with E-state index < -0.39 is 0 Å². The summed E-state index contributed by atoms with van der Waals surface area (Å²) >= 11 is 0. The number of amides is 1. The second kappa shape index (κ2) is 7.60. The summed E-state index contributed by atoms with van der Waals surface area (Å²) in [6.45, 7) is 0.731. The number of hydrogen-bond donors (Lipinski definition) is 2. The summed E-state index contributed by atoms with van der Waals surface area (Å²) in [5, 5.41) is 5.03. The van der Waals surface area contributed by atoms with Crippen molar-refractivity contribution < 1.29 is 4.79 Å². The molecule has 1 amide bonds. The molecule has 1 aromatic carbocycles. The molecular formula is C16H21N3O. The Morgan fingerprint density at radius 1 is 1.15 bits per heavy atom. The third-order valence-corrected chi connectivity index (χ3v) is 3.32. The van der Waals surface area contributed by atoms with Gasteiger partial charge >= 0.3 is 0 Å². The van der Waals surface area contributed by atoms with Crippen molar-refractivity contribution in [3.8, 4) is 0 Å². The van der Waals surface area contributed by atoms with Crippen molar-refractivity contribution in [2.75, 3.05) is 11.9 Å². The number of pyridine rings is 1. The maximum Gasteiger partial charge on any atom is 0.224 e. The largest absolute Gasteiger partial charge is 0.330 e. The molecule has 0 unspecified atom stereocenters. The van der Waals surface area contributed by atoms with Crippen molar-refractivity contribution in [1.29, 1.82) is 0 Å². The van der Waals surface area contributed by atoms with E-state index in [2.05, 4.69) is 10.3 Å². The van der Waals surface area contributed by atoms with Gasteiger partial charge in [-0.15, -0.1) is 0 Å². The van der Waals surface area contributed by atoms with Gasteiger partial charge in [0.15, 0.2) is 0 Å². The smallest absolute Gasteiger partial charge is 0.224 e. The molecule has 1 aromatic heterocycles. The molecule has 0 bridgehead atoms. The number of carbonyl (C=O) groups is 1. The highest BCUT2D eigenvalue weighted by Crippen LogP contribution is 2.22. The number of nitrogens with zero attached hydrogens (tertiary/aromatic N) is 1. The van der Waals surface area contributed by atoms with Gasteiger partial charge in [0.25, 0.3) is 0 Å². The van der Waals surface area contributed by atoms with Gasteiger partial charge in [-0.25, -0.2) is 0 Å². The average molecular weight is 271 g/mol. The van der Waals surface area contributed by atoms with E-state index in [0.717, 1.165) is 48.7 Å². The molecule has 2 rings (SSSR count). The fraction of sp³-hybridized carbons (Fsp3) is 0.375. The van der Waals surface area contributed by atoms with Crippen LogP contribution in [0.5, 0.6) is 0 Å². The summed E-state index contributed by atoms with van der Waals surface area (Å²) in [5.41, 5.74) is 6.28. The number of benzene rings is 1. The van der Waals surface area contributed by atoms with Crippen molar-refractivity contribution >= 4 is 22.4 Å². The van der Waals surface area contributed by atoms with E-state index in [-0.39, 0.29) is 5.91 Å². The highest BCUT2D eigenvalue weighted by atomic mass is 16.1. The number of nitrogens with one attached hydrogen (secondary N) is 1. The number of aromatic nitrogens is 1. The van der Waals surface area contributed by atoms with E-state index in [0.29, 0.717) is 6.42 Å². The van der Waals surface area contributed by atoms with E-state index in [9.17, 15) is 4.79 Å². The van der Waals surface area contributed by atoms with Gasteiger partial charge in [0.2, 0.25) is 5.91 Å². The first-order valence-corrected chi connectivity index (χ1v) is 7.14. The topological polar surface area (TPSA) is 68.0 Å². The van der Waals surface area contributed by atoms with Gasteiger partial charge in [0, 0.05) is 24.2 Å². The molecule has 4 nitrogen and oxygen atoms in total. The number of rotatable bonds is 7. The van der Waals surface area contributed by atoms with Crippen LogP contribution in [0.3, 0.4) is 0 Å². The zero-order valence-electron chi connectivity index (χ0n) is 11.6. The number of carbonyl (C=O) groups excluding carboxylic acids is 1. The van der Waals surface area contributed by atoms with Crippen LogP contribution in [-0.2, 0) is 4.79 Å². The van der Waals surface area contributed by atoms with E-state index >= 15 is 0 Å². The van der Waals surface area contributed by atoms with Gasteiger partial charge in [-0.3, -0.25) is 9.78 Å². The number of nitrogens with two attached hydrogens (primary N) is 1. The van der Waals surface area contributed by atoms with Gasteiger partial charge in [0.1, 0.15) is 0 Å². The molecule has 0 fully saturated rings. The molecule has 0 radical (unpaired) electrons. The number of anilines is 1. The number of unbranched alkanes of at least 4 members (excludes halogenated alkanes) is 3. The Balaban J connectivity index is 1.90. The van der Waals surface area contributed by atoms with E-state index in [4.69, 9.17) is 5.73 Å². The van der Waals surface area contributed by atoms with E-state index in [1.807, 2.05) is 24.3 Å². The van der Waals surface area contributed by atoms with Crippen molar-refractivity contribution in [3.63, 3.8) is 0 Å². The van der Waals surface area contributed by atoms with Crippen LogP contribution in [-0.4, -0.2) is 17.4 Å². The molecule has 1 heterocycles. The summed E-state index contributed by atoms with van der Waals surface area (Å²) in [6, 6.07) is 7.81. The van der Waals surface area contributed by atoms with Crippen LogP contribution in [0.25, 0.3) is 10.8 Å². The monoisotopic (exact) mass is 271 g/mol.